The molecule has 6 heteroatoms. The average Bonchev–Trinajstić information content (AvgIpc) is 2.41. The summed E-state index contributed by atoms with van der Waals surface area (Å²) in [5.74, 6) is -0.453. The van der Waals surface area contributed by atoms with E-state index in [2.05, 4.69) is 22.1 Å². The van der Waals surface area contributed by atoms with Gasteiger partial charge < -0.3 is 14.9 Å². The molecular weight excluding hydrogens is 256 g/mol. The van der Waals surface area contributed by atoms with Crippen LogP contribution in [0.1, 0.15) is 34.5 Å². The molecule has 110 valence electrons. The van der Waals surface area contributed by atoms with E-state index in [1.54, 1.807) is 13.8 Å². The molecule has 0 aromatic carbocycles. The number of piperidine rings is 1. The first kappa shape index (κ1) is 14.7. The van der Waals surface area contributed by atoms with Crippen LogP contribution >= 0.6 is 0 Å². The Kier molecular flexibility index (Phi) is 4.23. The Balaban J connectivity index is 2.32. The second-order valence-corrected chi connectivity index (χ2v) is 5.56. The molecule has 0 amide bonds. The average molecular weight is 278 g/mol. The molecule has 0 saturated carbocycles. The summed E-state index contributed by atoms with van der Waals surface area (Å²) in [6.45, 7) is 5.62. The number of aromatic carboxylic acids is 1. The molecule has 1 N–H and O–H groups in total. The van der Waals surface area contributed by atoms with Crippen LogP contribution in [-0.2, 0) is 0 Å². The molecule has 2 heterocycles. The summed E-state index contributed by atoms with van der Waals surface area (Å²) in [7, 11) is 4.02. The fourth-order valence-electron chi connectivity index (χ4n) is 2.65. The van der Waals surface area contributed by atoms with Gasteiger partial charge in [0.05, 0.1) is 5.69 Å². The van der Waals surface area contributed by atoms with Gasteiger partial charge >= 0.3 is 5.97 Å². The second kappa shape index (κ2) is 5.75. The highest BCUT2D eigenvalue weighted by Gasteiger charge is 2.26. The molecule has 0 spiro atoms. The molecule has 1 aliphatic heterocycles. The lowest BCUT2D eigenvalue weighted by molar-refractivity contribution is 0.0695. The molecule has 1 aromatic rings. The van der Waals surface area contributed by atoms with Crippen molar-refractivity contribution in [3.05, 3.63) is 16.8 Å². The van der Waals surface area contributed by atoms with Gasteiger partial charge in [-0.2, -0.15) is 5.10 Å². The topological polar surface area (TPSA) is 69.6 Å². The molecule has 0 atom stereocenters. The minimum absolute atomic E-state index is 0.277. The Morgan fingerprint density at radius 2 is 1.90 bits per heavy atom. The summed E-state index contributed by atoms with van der Waals surface area (Å²) < 4.78 is 0. The molecule has 20 heavy (non-hydrogen) atoms. The van der Waals surface area contributed by atoms with E-state index in [1.807, 2.05) is 11.9 Å². The summed E-state index contributed by atoms with van der Waals surface area (Å²) in [5.41, 5.74) is 1.64. The van der Waals surface area contributed by atoms with Gasteiger partial charge in [0, 0.05) is 13.1 Å². The van der Waals surface area contributed by atoms with E-state index < -0.39 is 5.97 Å². The Labute approximate surface area is 119 Å². The maximum absolute atomic E-state index is 11.5. The third-order valence-electron chi connectivity index (χ3n) is 4.22. The number of anilines is 1. The molecule has 0 radical (unpaired) electrons. The second-order valence-electron chi connectivity index (χ2n) is 5.56. The third-order valence-corrected chi connectivity index (χ3v) is 4.22. The van der Waals surface area contributed by atoms with E-state index in [1.165, 1.54) is 0 Å². The van der Waals surface area contributed by atoms with Crippen LogP contribution in [0.4, 0.5) is 5.82 Å². The van der Waals surface area contributed by atoms with Crippen molar-refractivity contribution in [3.8, 4) is 0 Å². The van der Waals surface area contributed by atoms with Crippen LogP contribution in [0.3, 0.4) is 0 Å². The van der Waals surface area contributed by atoms with Crippen molar-refractivity contribution < 1.29 is 9.90 Å². The number of carboxylic acid groups (broad SMARTS) is 1. The number of carbonyl (C=O) groups is 1. The molecule has 6 nitrogen and oxygen atoms in total. The van der Waals surface area contributed by atoms with E-state index in [-0.39, 0.29) is 5.56 Å². The number of hydrogen-bond acceptors (Lipinski definition) is 5. The van der Waals surface area contributed by atoms with Gasteiger partial charge in [0.2, 0.25) is 0 Å². The molecule has 2 rings (SSSR count). The monoisotopic (exact) mass is 278 g/mol. The molecular formula is C14H22N4O2. The number of likely N-dealkylation sites (tertiary alicyclic amines) is 1. The number of nitrogens with zero attached hydrogens (tertiary/aromatic N) is 4. The van der Waals surface area contributed by atoms with E-state index in [4.69, 9.17) is 0 Å². The number of aromatic nitrogens is 2. The van der Waals surface area contributed by atoms with Gasteiger partial charge in [-0.05, 0) is 52.4 Å². The van der Waals surface area contributed by atoms with Gasteiger partial charge in [0.25, 0.3) is 0 Å². The van der Waals surface area contributed by atoms with Crippen molar-refractivity contribution in [2.45, 2.75) is 32.7 Å². The van der Waals surface area contributed by atoms with Gasteiger partial charge in [0.1, 0.15) is 5.56 Å². The number of rotatable bonds is 3. The summed E-state index contributed by atoms with van der Waals surface area (Å²) in [4.78, 5) is 15.8. The lowest BCUT2D eigenvalue weighted by Crippen LogP contribution is -2.43. The zero-order valence-electron chi connectivity index (χ0n) is 12.6. The van der Waals surface area contributed by atoms with Crippen LogP contribution in [0.5, 0.6) is 0 Å². The molecule has 1 aliphatic rings. The lowest BCUT2D eigenvalue weighted by atomic mass is 10.0. The number of aryl methyl sites for hydroxylation is 1. The smallest absolute Gasteiger partial charge is 0.339 e. The van der Waals surface area contributed by atoms with Crippen molar-refractivity contribution in [3.63, 3.8) is 0 Å². The standard InChI is InChI=1S/C14H22N4O2/c1-9-10(2)15-16-13(12(9)14(19)20)18(4)11-5-7-17(3)8-6-11/h11H,5-8H2,1-4H3,(H,19,20). The van der Waals surface area contributed by atoms with Gasteiger partial charge in [0.15, 0.2) is 5.82 Å². The third kappa shape index (κ3) is 2.75. The molecule has 0 bridgehead atoms. The van der Waals surface area contributed by atoms with Crippen LogP contribution in [-0.4, -0.2) is 59.4 Å². The van der Waals surface area contributed by atoms with E-state index >= 15 is 0 Å². The van der Waals surface area contributed by atoms with E-state index in [0.29, 0.717) is 23.1 Å². The summed E-state index contributed by atoms with van der Waals surface area (Å²) in [5, 5.41) is 17.7. The fraction of sp³-hybridized carbons (Fsp3) is 0.643. The van der Waals surface area contributed by atoms with Gasteiger partial charge in [-0.15, -0.1) is 5.10 Å². The largest absolute Gasteiger partial charge is 0.478 e. The van der Waals surface area contributed by atoms with Crippen molar-refractivity contribution >= 4 is 11.8 Å². The van der Waals surface area contributed by atoms with Crippen LogP contribution in [0, 0.1) is 13.8 Å². The minimum atomic E-state index is -0.935. The van der Waals surface area contributed by atoms with E-state index in [0.717, 1.165) is 25.9 Å². The molecule has 1 aromatic heterocycles. The van der Waals surface area contributed by atoms with Crippen molar-refractivity contribution in [1.29, 1.82) is 0 Å². The molecule has 0 unspecified atom stereocenters. The summed E-state index contributed by atoms with van der Waals surface area (Å²) in [6.07, 6.45) is 2.03. The maximum atomic E-state index is 11.5. The first-order valence-corrected chi connectivity index (χ1v) is 6.90. The lowest BCUT2D eigenvalue weighted by Gasteiger charge is -2.36. The Bertz CT molecular complexity index is 510. The predicted molar refractivity (Wildman–Crippen MR) is 77.4 cm³/mol. The fourth-order valence-corrected chi connectivity index (χ4v) is 2.65. The summed E-state index contributed by atoms with van der Waals surface area (Å²) in [6, 6.07) is 0.320. The van der Waals surface area contributed by atoms with Crippen molar-refractivity contribution in [2.24, 2.45) is 0 Å². The minimum Gasteiger partial charge on any atom is -0.478 e. The van der Waals surface area contributed by atoms with E-state index in [9.17, 15) is 9.90 Å². The highest BCUT2D eigenvalue weighted by Crippen LogP contribution is 2.25. The quantitative estimate of drug-likeness (QED) is 0.899. The van der Waals surface area contributed by atoms with Crippen molar-refractivity contribution in [1.82, 2.24) is 15.1 Å². The summed E-state index contributed by atoms with van der Waals surface area (Å²) >= 11 is 0. The first-order chi connectivity index (χ1) is 9.41. The zero-order valence-corrected chi connectivity index (χ0v) is 12.6. The maximum Gasteiger partial charge on any atom is 0.339 e. The number of hydrogen-bond donors (Lipinski definition) is 1. The predicted octanol–water partition coefficient (Wildman–Crippen LogP) is 1.32. The van der Waals surface area contributed by atoms with Crippen LogP contribution in [0.2, 0.25) is 0 Å². The molecule has 1 saturated heterocycles. The first-order valence-electron chi connectivity index (χ1n) is 6.90. The van der Waals surface area contributed by atoms with Crippen LogP contribution in [0.15, 0.2) is 0 Å². The van der Waals surface area contributed by atoms with Gasteiger partial charge in [-0.3, -0.25) is 0 Å². The highest BCUT2D eigenvalue weighted by atomic mass is 16.4. The Hall–Kier alpha value is -1.69. The van der Waals surface area contributed by atoms with Gasteiger partial charge in [-0.25, -0.2) is 4.79 Å². The van der Waals surface area contributed by atoms with Gasteiger partial charge in [-0.1, -0.05) is 0 Å². The zero-order chi connectivity index (χ0) is 14.9. The van der Waals surface area contributed by atoms with Crippen molar-refractivity contribution in [2.75, 3.05) is 32.1 Å². The highest BCUT2D eigenvalue weighted by molar-refractivity contribution is 5.95. The number of carboxylic acids is 1. The molecule has 0 aliphatic carbocycles. The van der Waals surface area contributed by atoms with Crippen LogP contribution in [0.25, 0.3) is 0 Å². The SMILES string of the molecule is Cc1nnc(N(C)C2CCN(C)CC2)c(C(=O)O)c1C. The molecule has 1 fully saturated rings. The normalized spacial score (nSPS) is 17.2. The Morgan fingerprint density at radius 1 is 1.30 bits per heavy atom. The van der Waals surface area contributed by atoms with Crippen LogP contribution < -0.4 is 4.90 Å². The Morgan fingerprint density at radius 3 is 2.45 bits per heavy atom.